The second-order valence-electron chi connectivity index (χ2n) is 14.7. The van der Waals surface area contributed by atoms with Gasteiger partial charge in [-0.2, -0.15) is 0 Å². The van der Waals surface area contributed by atoms with Gasteiger partial charge in [0.15, 0.2) is 0 Å². The van der Waals surface area contributed by atoms with Crippen molar-refractivity contribution in [2.45, 2.75) is 112 Å². The van der Waals surface area contributed by atoms with Crippen LogP contribution in [0.1, 0.15) is 99.3 Å². The van der Waals surface area contributed by atoms with Crippen LogP contribution in [0.15, 0.2) is 12.2 Å². The summed E-state index contributed by atoms with van der Waals surface area (Å²) in [7, 11) is 0. The van der Waals surface area contributed by atoms with Gasteiger partial charge < -0.3 is 15.3 Å². The van der Waals surface area contributed by atoms with E-state index in [-0.39, 0.29) is 27.6 Å². The predicted molar refractivity (Wildman–Crippen MR) is 134 cm³/mol. The molecule has 5 fully saturated rings. The van der Waals surface area contributed by atoms with Gasteiger partial charge in [0.2, 0.25) is 0 Å². The third-order valence-corrected chi connectivity index (χ3v) is 13.4. The lowest BCUT2D eigenvalue weighted by Crippen LogP contribution is -2.68. The maximum absolute atomic E-state index is 12.8. The highest BCUT2D eigenvalue weighted by atomic mass is 16.4. The molecule has 5 rings (SSSR count). The van der Waals surface area contributed by atoms with Crippen molar-refractivity contribution in [3.8, 4) is 0 Å². The third kappa shape index (κ3) is 2.76. The van der Waals surface area contributed by atoms with Crippen molar-refractivity contribution in [1.29, 1.82) is 0 Å². The van der Waals surface area contributed by atoms with Gasteiger partial charge in [0.05, 0.1) is 17.6 Å². The summed E-state index contributed by atoms with van der Waals surface area (Å²) in [6.45, 7) is 18.2. The Labute approximate surface area is 206 Å². The van der Waals surface area contributed by atoms with Crippen LogP contribution in [0.2, 0.25) is 0 Å². The largest absolute Gasteiger partial charge is 0.481 e. The molecule has 0 aromatic rings. The van der Waals surface area contributed by atoms with Gasteiger partial charge in [0.1, 0.15) is 0 Å². The van der Waals surface area contributed by atoms with Crippen molar-refractivity contribution < 1.29 is 20.1 Å². The predicted octanol–water partition coefficient (Wildman–Crippen LogP) is 6.06. The van der Waals surface area contributed by atoms with Gasteiger partial charge in [-0.15, -0.1) is 0 Å². The average Bonchev–Trinajstić information content (AvgIpc) is 3.14. The quantitative estimate of drug-likeness (QED) is 0.427. The molecule has 34 heavy (non-hydrogen) atoms. The van der Waals surface area contributed by atoms with Gasteiger partial charge >= 0.3 is 5.97 Å². The highest BCUT2D eigenvalue weighted by molar-refractivity contribution is 5.76. The van der Waals surface area contributed by atoms with Gasteiger partial charge in [-0.1, -0.05) is 46.8 Å². The fourth-order valence-electron chi connectivity index (χ4n) is 11.7. The van der Waals surface area contributed by atoms with Crippen LogP contribution in [0.3, 0.4) is 0 Å². The molecule has 5 aliphatic carbocycles. The molecule has 0 aromatic carbocycles. The Hall–Kier alpha value is -0.870. The SMILES string of the molecule is C=C(C)[C@@H]1CC[C@]2(C(=O)O)CC[C@]3(C)[C@@H](CC[C@H]4[C@@]5(C)C[C@@H](O)[C@H](O)C(C)(C)[C@@H]5CC[C@]43C)[C@@H]12. The number of rotatable bonds is 2. The zero-order valence-corrected chi connectivity index (χ0v) is 22.4. The fourth-order valence-corrected chi connectivity index (χ4v) is 11.7. The van der Waals surface area contributed by atoms with Gasteiger partial charge in [0.25, 0.3) is 0 Å². The molecule has 3 N–H and O–H groups in total. The molecule has 4 heteroatoms. The molecule has 0 amide bonds. The van der Waals surface area contributed by atoms with E-state index in [1.54, 1.807) is 0 Å². The third-order valence-electron chi connectivity index (χ3n) is 13.4. The summed E-state index contributed by atoms with van der Waals surface area (Å²) < 4.78 is 0. The first-order valence-corrected chi connectivity index (χ1v) is 13.9. The maximum Gasteiger partial charge on any atom is 0.309 e. The smallest absolute Gasteiger partial charge is 0.309 e. The molecule has 0 bridgehead atoms. The van der Waals surface area contributed by atoms with Crippen LogP contribution in [0, 0.1) is 56.7 Å². The number of carboxylic acid groups (broad SMARTS) is 1. The van der Waals surface area contributed by atoms with E-state index in [1.165, 1.54) is 5.57 Å². The van der Waals surface area contributed by atoms with Crippen molar-refractivity contribution in [3.05, 3.63) is 12.2 Å². The molecule has 0 heterocycles. The van der Waals surface area contributed by atoms with E-state index in [9.17, 15) is 20.1 Å². The maximum atomic E-state index is 12.8. The van der Waals surface area contributed by atoms with Gasteiger partial charge in [0, 0.05) is 0 Å². The average molecular weight is 473 g/mol. The number of allylic oxidation sites excluding steroid dienone is 1. The second kappa shape index (κ2) is 7.34. The lowest BCUT2D eigenvalue weighted by atomic mass is 9.32. The Morgan fingerprint density at radius 2 is 1.53 bits per heavy atom. The topological polar surface area (TPSA) is 77.8 Å². The lowest BCUT2D eigenvalue weighted by Gasteiger charge is -2.73. The van der Waals surface area contributed by atoms with Gasteiger partial charge in [-0.25, -0.2) is 0 Å². The normalized spacial score (nSPS) is 55.9. The molecule has 5 saturated carbocycles. The highest BCUT2D eigenvalue weighted by Crippen LogP contribution is 2.77. The van der Waals surface area contributed by atoms with Crippen molar-refractivity contribution in [2.75, 3.05) is 0 Å². The molecule has 0 spiro atoms. The Morgan fingerprint density at radius 3 is 2.15 bits per heavy atom. The van der Waals surface area contributed by atoms with Crippen LogP contribution in [0.5, 0.6) is 0 Å². The Bertz CT molecular complexity index is 894. The molecule has 0 aliphatic heterocycles. The standard InChI is InChI=1S/C30H48O4/c1-17(2)18-10-13-30(25(33)34)15-14-28(6)19(23(18)30)8-9-22-27(5)16-20(31)24(32)26(3,4)21(27)11-12-29(22,28)7/h18-24,31-32H,1,8-16H2,2-7H3,(H,33,34)/t18-,19-,20+,21-,22-,23+,24-,27-,28+,29+,30-/m0/s1. The first-order valence-electron chi connectivity index (χ1n) is 13.9. The monoisotopic (exact) mass is 472 g/mol. The highest BCUT2D eigenvalue weighted by Gasteiger charge is 2.72. The van der Waals surface area contributed by atoms with Gasteiger partial charge in [-0.3, -0.25) is 4.79 Å². The van der Waals surface area contributed by atoms with Crippen LogP contribution in [-0.4, -0.2) is 33.5 Å². The van der Waals surface area contributed by atoms with Crippen LogP contribution in [0.25, 0.3) is 0 Å². The van der Waals surface area contributed by atoms with E-state index < -0.39 is 23.6 Å². The molecule has 192 valence electrons. The molecule has 0 unspecified atom stereocenters. The van der Waals surface area contributed by atoms with Crippen molar-refractivity contribution in [1.82, 2.24) is 0 Å². The van der Waals surface area contributed by atoms with Crippen LogP contribution >= 0.6 is 0 Å². The number of aliphatic hydroxyl groups excluding tert-OH is 2. The van der Waals surface area contributed by atoms with E-state index in [0.717, 1.165) is 51.4 Å². The van der Waals surface area contributed by atoms with E-state index in [1.807, 2.05) is 0 Å². The number of carbonyl (C=O) groups is 1. The van der Waals surface area contributed by atoms with Crippen molar-refractivity contribution in [2.24, 2.45) is 56.7 Å². The zero-order chi connectivity index (χ0) is 25.1. The molecule has 0 aromatic heterocycles. The lowest BCUT2D eigenvalue weighted by molar-refractivity contribution is -0.263. The number of hydrogen-bond donors (Lipinski definition) is 3. The molecule has 0 saturated heterocycles. The minimum Gasteiger partial charge on any atom is -0.481 e. The minimum absolute atomic E-state index is 0.00606. The number of aliphatic carboxylic acids is 1. The summed E-state index contributed by atoms with van der Waals surface area (Å²) in [4.78, 5) is 12.8. The summed E-state index contributed by atoms with van der Waals surface area (Å²) in [6, 6.07) is 0. The molecular formula is C30H48O4. The first-order chi connectivity index (χ1) is 15.7. The van der Waals surface area contributed by atoms with Crippen LogP contribution in [-0.2, 0) is 4.79 Å². The molecule has 4 nitrogen and oxygen atoms in total. The molecular weight excluding hydrogens is 424 g/mol. The summed E-state index contributed by atoms with van der Waals surface area (Å²) in [5.74, 6) is 1.24. The summed E-state index contributed by atoms with van der Waals surface area (Å²) in [6.07, 6.45) is 7.32. The van der Waals surface area contributed by atoms with Crippen molar-refractivity contribution in [3.63, 3.8) is 0 Å². The fraction of sp³-hybridized carbons (Fsp3) is 0.900. The summed E-state index contributed by atoms with van der Waals surface area (Å²) in [5, 5.41) is 32.4. The van der Waals surface area contributed by atoms with Crippen LogP contribution < -0.4 is 0 Å². The van der Waals surface area contributed by atoms with E-state index in [4.69, 9.17) is 0 Å². The molecule has 5 aliphatic rings. The van der Waals surface area contributed by atoms with E-state index in [2.05, 4.69) is 48.1 Å². The Kier molecular flexibility index (Phi) is 5.36. The van der Waals surface area contributed by atoms with Gasteiger partial charge in [-0.05, 0) is 116 Å². The number of carboxylic acids is 1. The first kappa shape index (κ1) is 24.8. The summed E-state index contributed by atoms with van der Waals surface area (Å²) >= 11 is 0. The number of fused-ring (bicyclic) bond motifs is 7. The summed E-state index contributed by atoms with van der Waals surface area (Å²) in [5.41, 5.74) is 0.501. The van der Waals surface area contributed by atoms with E-state index in [0.29, 0.717) is 30.1 Å². The number of aliphatic hydroxyl groups is 2. The van der Waals surface area contributed by atoms with E-state index >= 15 is 0 Å². The zero-order valence-electron chi connectivity index (χ0n) is 22.4. The minimum atomic E-state index is -0.669. The molecule has 11 atom stereocenters. The Morgan fingerprint density at radius 1 is 0.853 bits per heavy atom. The number of hydrogen-bond acceptors (Lipinski definition) is 3. The van der Waals surface area contributed by atoms with Crippen molar-refractivity contribution >= 4 is 5.97 Å². The Balaban J connectivity index is 1.57. The second-order valence-corrected chi connectivity index (χ2v) is 14.7. The van der Waals surface area contributed by atoms with Crippen LogP contribution in [0.4, 0.5) is 0 Å². The molecule has 0 radical (unpaired) electrons.